The third kappa shape index (κ3) is 3.06. The van der Waals surface area contributed by atoms with Crippen LogP contribution < -0.4 is 5.32 Å². The molecule has 2 N–H and O–H groups in total. The molecular formula is C16H20N2O4. The fraction of sp³-hybridized carbons (Fsp3) is 0.500. The number of aliphatic carboxylic acids is 1. The second kappa shape index (κ2) is 6.36. The van der Waals surface area contributed by atoms with Gasteiger partial charge in [0.15, 0.2) is 0 Å². The Morgan fingerprint density at radius 2 is 2.05 bits per heavy atom. The molecule has 0 aliphatic carbocycles. The van der Waals surface area contributed by atoms with Crippen molar-refractivity contribution in [3.8, 4) is 0 Å². The zero-order chi connectivity index (χ0) is 15.5. The highest BCUT2D eigenvalue weighted by molar-refractivity contribution is 5.71. The fourth-order valence-corrected chi connectivity index (χ4v) is 3.41. The molecule has 0 unspecified atom stereocenters. The number of benzene rings is 1. The second-order valence-electron chi connectivity index (χ2n) is 5.86. The van der Waals surface area contributed by atoms with Crippen molar-refractivity contribution in [3.05, 3.63) is 35.9 Å². The second-order valence-corrected chi connectivity index (χ2v) is 5.86. The van der Waals surface area contributed by atoms with Gasteiger partial charge >= 0.3 is 12.1 Å². The van der Waals surface area contributed by atoms with Gasteiger partial charge in [-0.25, -0.2) is 4.79 Å². The number of carboxylic acid groups (broad SMARTS) is 1. The molecule has 2 aliphatic rings. The third-order valence-electron chi connectivity index (χ3n) is 4.44. The molecule has 1 aromatic rings. The maximum atomic E-state index is 12.4. The topological polar surface area (TPSA) is 78.9 Å². The van der Waals surface area contributed by atoms with Crippen LogP contribution in [0, 0.1) is 0 Å². The molecule has 0 saturated carbocycles. The van der Waals surface area contributed by atoms with Gasteiger partial charge in [-0.15, -0.1) is 0 Å². The van der Waals surface area contributed by atoms with Gasteiger partial charge in [0.25, 0.3) is 0 Å². The largest absolute Gasteiger partial charge is 0.481 e. The number of carboxylic acids is 1. The van der Waals surface area contributed by atoms with Crippen molar-refractivity contribution in [2.24, 2.45) is 0 Å². The zero-order valence-corrected chi connectivity index (χ0v) is 12.3. The number of fused-ring (bicyclic) bond motifs is 2. The van der Waals surface area contributed by atoms with Crippen LogP contribution in [-0.2, 0) is 16.1 Å². The molecule has 1 amide bonds. The van der Waals surface area contributed by atoms with Crippen LogP contribution in [-0.4, -0.2) is 46.7 Å². The first-order chi connectivity index (χ1) is 10.6. The van der Waals surface area contributed by atoms with Gasteiger partial charge in [-0.05, 0) is 18.4 Å². The molecule has 118 valence electrons. The lowest BCUT2D eigenvalue weighted by Gasteiger charge is -2.39. The Kier molecular flexibility index (Phi) is 4.29. The molecule has 2 saturated heterocycles. The highest BCUT2D eigenvalue weighted by Crippen LogP contribution is 2.31. The van der Waals surface area contributed by atoms with Gasteiger partial charge in [-0.1, -0.05) is 30.3 Å². The van der Waals surface area contributed by atoms with Crippen molar-refractivity contribution in [2.45, 2.75) is 44.0 Å². The monoisotopic (exact) mass is 304 g/mol. The maximum Gasteiger partial charge on any atom is 0.410 e. The molecule has 1 aromatic carbocycles. The van der Waals surface area contributed by atoms with E-state index in [1.54, 1.807) is 4.90 Å². The van der Waals surface area contributed by atoms with E-state index in [2.05, 4.69) is 5.32 Å². The van der Waals surface area contributed by atoms with Gasteiger partial charge in [0.05, 0.1) is 12.5 Å². The number of hydrogen-bond acceptors (Lipinski definition) is 4. The van der Waals surface area contributed by atoms with Crippen molar-refractivity contribution in [1.82, 2.24) is 10.2 Å². The Balaban J connectivity index is 1.63. The van der Waals surface area contributed by atoms with E-state index in [4.69, 9.17) is 9.84 Å². The number of carbonyl (C=O) groups is 2. The molecule has 3 rings (SSSR count). The molecule has 6 heteroatoms. The Morgan fingerprint density at radius 1 is 1.27 bits per heavy atom. The first-order valence-corrected chi connectivity index (χ1v) is 7.59. The first kappa shape index (κ1) is 14.8. The van der Waals surface area contributed by atoms with Gasteiger partial charge in [0.2, 0.25) is 0 Å². The number of ether oxygens (including phenoxy) is 1. The van der Waals surface area contributed by atoms with Crippen LogP contribution in [0.5, 0.6) is 0 Å². The van der Waals surface area contributed by atoms with Crippen LogP contribution in [0.4, 0.5) is 4.79 Å². The lowest BCUT2D eigenvalue weighted by Crippen LogP contribution is -2.60. The number of carbonyl (C=O) groups excluding carboxylic acids is 1. The smallest absolute Gasteiger partial charge is 0.410 e. The maximum absolute atomic E-state index is 12.4. The van der Waals surface area contributed by atoms with Crippen molar-refractivity contribution >= 4 is 12.1 Å². The summed E-state index contributed by atoms with van der Waals surface area (Å²) >= 11 is 0. The molecule has 0 aromatic heterocycles. The summed E-state index contributed by atoms with van der Waals surface area (Å²) in [6.07, 6.45) is 1.41. The van der Waals surface area contributed by atoms with Crippen LogP contribution >= 0.6 is 0 Å². The van der Waals surface area contributed by atoms with Gasteiger partial charge < -0.3 is 15.2 Å². The summed E-state index contributed by atoms with van der Waals surface area (Å²) in [5, 5.41) is 12.2. The van der Waals surface area contributed by atoms with Crippen molar-refractivity contribution < 1.29 is 19.4 Å². The minimum Gasteiger partial charge on any atom is -0.481 e. The summed E-state index contributed by atoms with van der Waals surface area (Å²) < 4.78 is 5.41. The number of hydrogen-bond donors (Lipinski definition) is 2. The van der Waals surface area contributed by atoms with Crippen LogP contribution in [0.2, 0.25) is 0 Å². The van der Waals surface area contributed by atoms with Crippen molar-refractivity contribution in [1.29, 1.82) is 0 Å². The van der Waals surface area contributed by atoms with Crippen LogP contribution in [0.1, 0.15) is 24.8 Å². The number of nitrogens with zero attached hydrogens (tertiary/aromatic N) is 1. The summed E-state index contributed by atoms with van der Waals surface area (Å²) in [6, 6.07) is 9.37. The summed E-state index contributed by atoms with van der Waals surface area (Å²) in [4.78, 5) is 25.1. The number of rotatable bonds is 4. The van der Waals surface area contributed by atoms with E-state index in [1.165, 1.54) is 0 Å². The Labute approximate surface area is 129 Å². The van der Waals surface area contributed by atoms with Gasteiger partial charge in [0.1, 0.15) is 6.61 Å². The predicted molar refractivity (Wildman–Crippen MR) is 79.3 cm³/mol. The number of nitrogens with one attached hydrogen (secondary N) is 1. The summed E-state index contributed by atoms with van der Waals surface area (Å²) in [5.74, 6) is -0.847. The fourth-order valence-electron chi connectivity index (χ4n) is 3.41. The molecular weight excluding hydrogens is 284 g/mol. The highest BCUT2D eigenvalue weighted by Gasteiger charge is 2.45. The number of piperazine rings is 1. The summed E-state index contributed by atoms with van der Waals surface area (Å²) in [6.45, 7) is 0.877. The summed E-state index contributed by atoms with van der Waals surface area (Å²) in [7, 11) is 0. The van der Waals surface area contributed by atoms with Gasteiger partial charge in [-0.3, -0.25) is 9.69 Å². The average molecular weight is 304 g/mol. The Hall–Kier alpha value is -2.08. The van der Waals surface area contributed by atoms with Crippen LogP contribution in [0.25, 0.3) is 0 Å². The van der Waals surface area contributed by atoms with Crippen LogP contribution in [0.15, 0.2) is 30.3 Å². The van der Waals surface area contributed by atoms with E-state index in [9.17, 15) is 9.59 Å². The van der Waals surface area contributed by atoms with E-state index in [0.717, 1.165) is 18.4 Å². The normalized spacial score (nSPS) is 26.7. The van der Waals surface area contributed by atoms with E-state index in [1.807, 2.05) is 30.3 Å². The standard InChI is InChI=1S/C16H20N2O4/c19-15(20)8-13-14-7-6-12(9-17-13)18(14)16(21)22-10-11-4-2-1-3-5-11/h1-5,12-14,17H,6-10H2,(H,19,20)/t12-,13+,14+/m0/s1. The zero-order valence-electron chi connectivity index (χ0n) is 12.3. The highest BCUT2D eigenvalue weighted by atomic mass is 16.6. The average Bonchev–Trinajstić information content (AvgIpc) is 2.84. The first-order valence-electron chi connectivity index (χ1n) is 7.59. The van der Waals surface area contributed by atoms with E-state index >= 15 is 0 Å². The van der Waals surface area contributed by atoms with Crippen molar-refractivity contribution in [2.75, 3.05) is 6.54 Å². The summed E-state index contributed by atoms with van der Waals surface area (Å²) in [5.41, 5.74) is 0.945. The third-order valence-corrected chi connectivity index (χ3v) is 4.44. The molecule has 22 heavy (non-hydrogen) atoms. The molecule has 6 nitrogen and oxygen atoms in total. The van der Waals surface area contributed by atoms with Crippen molar-refractivity contribution in [3.63, 3.8) is 0 Å². The van der Waals surface area contributed by atoms with Crippen LogP contribution in [0.3, 0.4) is 0 Å². The molecule has 0 radical (unpaired) electrons. The minimum atomic E-state index is -0.847. The minimum absolute atomic E-state index is 0.0276. The molecule has 2 aliphatic heterocycles. The lowest BCUT2D eigenvalue weighted by molar-refractivity contribution is -0.138. The SMILES string of the molecule is O=C(O)C[C@H]1NC[C@@H]2CC[C@H]1N2C(=O)OCc1ccccc1. The molecule has 2 fully saturated rings. The predicted octanol–water partition coefficient (Wildman–Crippen LogP) is 1.60. The number of amides is 1. The van der Waals surface area contributed by atoms with E-state index in [-0.39, 0.29) is 37.2 Å². The van der Waals surface area contributed by atoms with E-state index in [0.29, 0.717) is 6.54 Å². The molecule has 0 spiro atoms. The molecule has 3 atom stereocenters. The lowest BCUT2D eigenvalue weighted by atomic mass is 10.0. The van der Waals surface area contributed by atoms with Gasteiger partial charge in [-0.2, -0.15) is 0 Å². The Morgan fingerprint density at radius 3 is 2.77 bits per heavy atom. The Bertz CT molecular complexity index is 548. The molecule has 2 bridgehead atoms. The molecule has 2 heterocycles. The van der Waals surface area contributed by atoms with Gasteiger partial charge in [0, 0.05) is 18.6 Å². The van der Waals surface area contributed by atoms with E-state index < -0.39 is 5.97 Å². The quantitative estimate of drug-likeness (QED) is 0.883.